The molecule has 0 radical (unpaired) electrons. The Balaban J connectivity index is 0.000000221. The maximum Gasteiger partial charge on any atom is 0.317 e. The Bertz CT molecular complexity index is 499. The van der Waals surface area contributed by atoms with E-state index in [9.17, 15) is 0 Å². The second-order valence-electron chi connectivity index (χ2n) is 2.72. The Labute approximate surface area is 107 Å². The highest BCUT2D eigenvalue weighted by Gasteiger charge is 1.94. The molecule has 6 heteroatoms. The third-order valence-corrected chi connectivity index (χ3v) is 2.50. The van der Waals surface area contributed by atoms with E-state index in [1.807, 2.05) is 6.07 Å². The molecule has 1 aromatic heterocycles. The minimum Gasteiger partial charge on any atom is -0.195 e. The first-order chi connectivity index (χ1) is 7.47. The van der Waals surface area contributed by atoms with E-state index in [1.54, 1.807) is 11.3 Å². The average molecular weight is 295 g/mol. The summed E-state index contributed by atoms with van der Waals surface area (Å²) in [5, 5.41) is 2.10. The first-order valence-corrected chi connectivity index (χ1v) is 8.21. The van der Waals surface area contributed by atoms with Crippen LogP contribution < -0.4 is 0 Å². The summed E-state index contributed by atoms with van der Waals surface area (Å²) in [5.41, 5.74) is 1.31. The maximum atomic E-state index is 9.16. The molecular weight excluding hydrogens is 287 g/mol. The van der Waals surface area contributed by atoms with Crippen LogP contribution in [0.5, 0.6) is 0 Å². The summed E-state index contributed by atoms with van der Waals surface area (Å²) in [5.74, 6) is 0. The van der Waals surface area contributed by atoms with Crippen molar-refractivity contribution >= 4 is 41.0 Å². The molecule has 0 unspecified atom stereocenters. The van der Waals surface area contributed by atoms with Gasteiger partial charge in [-0.25, -0.2) is 0 Å². The molecule has 0 saturated carbocycles. The summed E-state index contributed by atoms with van der Waals surface area (Å²) in [6.07, 6.45) is 0. The largest absolute Gasteiger partial charge is 0.317 e. The standard InChI is InChI=1S/C10H8S.Cl2O2S/c1-2-5-9(6-3-1)10-7-4-8-11-10;1-5(2,3)4/h1-8H;. The Morgan fingerprint density at radius 2 is 1.50 bits per heavy atom. The lowest BCUT2D eigenvalue weighted by molar-refractivity contribution is 0.621. The molecule has 0 atom stereocenters. The summed E-state index contributed by atoms with van der Waals surface area (Å²) >= 11 is 1.78. The molecule has 0 spiro atoms. The lowest BCUT2D eigenvalue weighted by Crippen LogP contribution is -1.67. The van der Waals surface area contributed by atoms with Crippen LogP contribution in [0.4, 0.5) is 0 Å². The fourth-order valence-corrected chi connectivity index (χ4v) is 1.78. The zero-order chi connectivity index (χ0) is 12.0. The van der Waals surface area contributed by atoms with Crippen LogP contribution in [0.2, 0.25) is 0 Å². The number of thiophene rings is 1. The monoisotopic (exact) mass is 294 g/mol. The lowest BCUT2D eigenvalue weighted by Gasteiger charge is -1.93. The van der Waals surface area contributed by atoms with Gasteiger partial charge in [-0.05, 0) is 17.0 Å². The van der Waals surface area contributed by atoms with Crippen LogP contribution in [-0.2, 0) is 8.26 Å². The van der Waals surface area contributed by atoms with Gasteiger partial charge in [0.25, 0.3) is 0 Å². The Kier molecular flexibility index (Phi) is 5.28. The van der Waals surface area contributed by atoms with Gasteiger partial charge in [-0.1, -0.05) is 36.4 Å². The van der Waals surface area contributed by atoms with E-state index in [4.69, 9.17) is 8.42 Å². The molecule has 0 saturated heterocycles. The molecule has 2 nitrogen and oxygen atoms in total. The molecule has 2 aromatic rings. The van der Waals surface area contributed by atoms with Crippen LogP contribution >= 0.6 is 32.7 Å². The van der Waals surface area contributed by atoms with Crippen LogP contribution in [0.25, 0.3) is 10.4 Å². The fourth-order valence-electron chi connectivity index (χ4n) is 1.05. The van der Waals surface area contributed by atoms with E-state index in [0.29, 0.717) is 0 Å². The van der Waals surface area contributed by atoms with Gasteiger partial charge in [-0.3, -0.25) is 0 Å². The molecule has 0 aliphatic rings. The second kappa shape index (κ2) is 6.25. The summed E-state index contributed by atoms with van der Waals surface area (Å²) in [6.45, 7) is 0. The van der Waals surface area contributed by atoms with E-state index in [1.165, 1.54) is 10.4 Å². The van der Waals surface area contributed by atoms with E-state index in [2.05, 4.69) is 63.1 Å². The van der Waals surface area contributed by atoms with Gasteiger partial charge in [-0.2, -0.15) is 8.42 Å². The lowest BCUT2D eigenvalue weighted by atomic mass is 10.2. The van der Waals surface area contributed by atoms with Crippen LogP contribution in [0.15, 0.2) is 47.8 Å². The van der Waals surface area contributed by atoms with Crippen LogP contribution in [0.1, 0.15) is 0 Å². The maximum absolute atomic E-state index is 9.16. The van der Waals surface area contributed by atoms with Crippen molar-refractivity contribution in [1.29, 1.82) is 0 Å². The van der Waals surface area contributed by atoms with Gasteiger partial charge in [0, 0.05) is 26.2 Å². The van der Waals surface area contributed by atoms with Gasteiger partial charge < -0.3 is 0 Å². The Morgan fingerprint density at radius 3 is 1.94 bits per heavy atom. The minimum atomic E-state index is -3.72. The zero-order valence-electron chi connectivity index (χ0n) is 8.01. The Morgan fingerprint density at radius 1 is 0.938 bits per heavy atom. The molecule has 0 N–H and O–H groups in total. The number of rotatable bonds is 1. The van der Waals surface area contributed by atoms with Crippen LogP contribution in [0, 0.1) is 0 Å². The van der Waals surface area contributed by atoms with E-state index < -0.39 is 8.26 Å². The van der Waals surface area contributed by atoms with Crippen molar-refractivity contribution < 1.29 is 8.42 Å². The van der Waals surface area contributed by atoms with Gasteiger partial charge in [0.05, 0.1) is 0 Å². The first kappa shape index (κ1) is 13.5. The molecule has 86 valence electrons. The van der Waals surface area contributed by atoms with Crippen LogP contribution in [0.3, 0.4) is 0 Å². The number of halogens is 2. The number of hydrogen-bond donors (Lipinski definition) is 0. The van der Waals surface area contributed by atoms with Crippen LogP contribution in [-0.4, -0.2) is 8.42 Å². The highest BCUT2D eigenvalue weighted by molar-refractivity contribution is 8.31. The molecule has 1 aromatic carbocycles. The molecular formula is C10H8Cl2O2S2. The normalized spacial score (nSPS) is 10.4. The third-order valence-electron chi connectivity index (χ3n) is 1.58. The van der Waals surface area contributed by atoms with Gasteiger partial charge in [-0.15, -0.1) is 11.3 Å². The van der Waals surface area contributed by atoms with Crippen molar-refractivity contribution in [2.75, 3.05) is 0 Å². The van der Waals surface area contributed by atoms with Gasteiger partial charge in [0.15, 0.2) is 0 Å². The smallest absolute Gasteiger partial charge is 0.195 e. The van der Waals surface area contributed by atoms with Gasteiger partial charge in [0.1, 0.15) is 0 Å². The summed E-state index contributed by atoms with van der Waals surface area (Å²) < 4.78 is 18.3. The molecule has 0 aliphatic heterocycles. The van der Waals surface area contributed by atoms with Gasteiger partial charge >= 0.3 is 8.26 Å². The summed E-state index contributed by atoms with van der Waals surface area (Å²) in [4.78, 5) is 1.34. The molecule has 16 heavy (non-hydrogen) atoms. The van der Waals surface area contributed by atoms with Crippen molar-refractivity contribution in [1.82, 2.24) is 0 Å². The molecule has 0 bridgehead atoms. The first-order valence-electron chi connectivity index (χ1n) is 4.20. The molecule has 0 fully saturated rings. The zero-order valence-corrected chi connectivity index (χ0v) is 11.2. The molecule has 1 heterocycles. The molecule has 2 rings (SSSR count). The second-order valence-corrected chi connectivity index (χ2v) is 7.34. The minimum absolute atomic E-state index is 1.31. The molecule has 0 amide bonds. The number of benzene rings is 1. The quantitative estimate of drug-likeness (QED) is 0.741. The van der Waals surface area contributed by atoms with Crippen molar-refractivity contribution in [2.24, 2.45) is 0 Å². The molecule has 0 aliphatic carbocycles. The Hall–Kier alpha value is -0.550. The van der Waals surface area contributed by atoms with E-state index >= 15 is 0 Å². The van der Waals surface area contributed by atoms with E-state index in [0.717, 1.165) is 0 Å². The number of hydrogen-bond acceptors (Lipinski definition) is 3. The fraction of sp³-hybridized carbons (Fsp3) is 0. The predicted molar refractivity (Wildman–Crippen MR) is 70.4 cm³/mol. The average Bonchev–Trinajstić information content (AvgIpc) is 2.69. The van der Waals surface area contributed by atoms with Crippen molar-refractivity contribution in [2.45, 2.75) is 0 Å². The van der Waals surface area contributed by atoms with Gasteiger partial charge in [0.2, 0.25) is 0 Å². The van der Waals surface area contributed by atoms with Crippen molar-refractivity contribution in [3.05, 3.63) is 47.8 Å². The SMILES string of the molecule is O=S(=O)(Cl)Cl.c1ccc(-c2cccs2)cc1. The van der Waals surface area contributed by atoms with Crippen molar-refractivity contribution in [3.8, 4) is 10.4 Å². The topological polar surface area (TPSA) is 34.1 Å². The third kappa shape index (κ3) is 6.12. The highest BCUT2D eigenvalue weighted by Crippen LogP contribution is 2.23. The van der Waals surface area contributed by atoms with Crippen molar-refractivity contribution in [3.63, 3.8) is 0 Å². The van der Waals surface area contributed by atoms with E-state index in [-0.39, 0.29) is 0 Å². The summed E-state index contributed by atoms with van der Waals surface area (Å²) in [6, 6.07) is 14.6. The highest BCUT2D eigenvalue weighted by atomic mass is 36.0. The predicted octanol–water partition coefficient (Wildman–Crippen LogP) is 4.12. The summed E-state index contributed by atoms with van der Waals surface area (Å²) in [7, 11) is 4.81.